The van der Waals surface area contributed by atoms with E-state index in [1.165, 1.54) is 0 Å². The lowest BCUT2D eigenvalue weighted by Gasteiger charge is -2.23. The van der Waals surface area contributed by atoms with Crippen molar-refractivity contribution in [3.63, 3.8) is 0 Å². The Morgan fingerprint density at radius 1 is 0.929 bits per heavy atom. The molecule has 0 spiro atoms. The summed E-state index contributed by atoms with van der Waals surface area (Å²) in [4.78, 5) is 25.8. The zero-order chi connectivity index (χ0) is 20.7. The van der Waals surface area contributed by atoms with Crippen LogP contribution in [0.1, 0.15) is 45.7 Å². The molecule has 0 radical (unpaired) electrons. The molecule has 0 fully saturated rings. The highest BCUT2D eigenvalue weighted by atomic mass is 79.9. The van der Waals surface area contributed by atoms with Crippen LogP contribution in [0.15, 0.2) is 16.6 Å². The first-order valence-corrected chi connectivity index (χ1v) is 9.15. The monoisotopic (exact) mass is 452 g/mol. The second-order valence-electron chi connectivity index (χ2n) is 6.20. The number of carbonyl (C=O) groups is 2. The van der Waals surface area contributed by atoms with E-state index in [0.29, 0.717) is 6.61 Å². The number of ether oxygens (including phenoxy) is 2. The van der Waals surface area contributed by atoms with E-state index in [1.54, 1.807) is 13.8 Å². The van der Waals surface area contributed by atoms with Gasteiger partial charge in [0.05, 0.1) is 32.8 Å². The fraction of sp³-hybridized carbons (Fsp3) is 0.263. The minimum absolute atomic E-state index is 0.00178. The molecule has 1 atom stereocenters. The number of fused-ring (bicyclic) bond motifs is 2. The third kappa shape index (κ3) is 3.06. The van der Waals surface area contributed by atoms with Crippen molar-refractivity contribution in [1.29, 1.82) is 0 Å². The van der Waals surface area contributed by atoms with Gasteiger partial charge in [0.25, 0.3) is 0 Å². The average Bonchev–Trinajstić information content (AvgIpc) is 2.63. The Labute approximate surface area is 168 Å². The van der Waals surface area contributed by atoms with E-state index < -0.39 is 56.8 Å². The molecule has 3 rings (SSSR count). The molecule has 9 heteroatoms. The smallest absolute Gasteiger partial charge is 0.202 e. The lowest BCUT2D eigenvalue weighted by atomic mass is 9.82. The van der Waals surface area contributed by atoms with Crippen molar-refractivity contribution in [2.45, 2.75) is 20.0 Å². The van der Waals surface area contributed by atoms with Crippen molar-refractivity contribution >= 4 is 27.5 Å². The van der Waals surface area contributed by atoms with Gasteiger partial charge in [-0.3, -0.25) is 9.59 Å². The van der Waals surface area contributed by atoms with Gasteiger partial charge in [-0.2, -0.15) is 0 Å². The summed E-state index contributed by atoms with van der Waals surface area (Å²) in [6.45, 7) is 4.02. The third-order valence-corrected chi connectivity index (χ3v) is 4.91. The molecule has 2 aromatic carbocycles. The van der Waals surface area contributed by atoms with Crippen LogP contribution >= 0.6 is 15.9 Å². The van der Waals surface area contributed by atoms with E-state index in [0.717, 1.165) is 12.1 Å². The van der Waals surface area contributed by atoms with Gasteiger partial charge >= 0.3 is 0 Å². The predicted molar refractivity (Wildman–Crippen MR) is 101 cm³/mol. The number of aromatic hydroxyl groups is 4. The van der Waals surface area contributed by atoms with Crippen molar-refractivity contribution in [3.8, 4) is 28.7 Å². The molecule has 1 aliphatic carbocycles. The Kier molecular flexibility index (Phi) is 5.22. The first-order chi connectivity index (χ1) is 13.2. The van der Waals surface area contributed by atoms with Crippen LogP contribution in [0.5, 0.6) is 28.7 Å². The molecule has 0 saturated carbocycles. The first-order valence-electron chi connectivity index (χ1n) is 8.36. The molecule has 4 N–H and O–H groups in total. The van der Waals surface area contributed by atoms with Crippen molar-refractivity contribution in [2.75, 3.05) is 13.2 Å². The molecule has 0 heterocycles. The third-order valence-electron chi connectivity index (χ3n) is 4.31. The average molecular weight is 453 g/mol. The summed E-state index contributed by atoms with van der Waals surface area (Å²) in [6.07, 6.45) is -0.320. The highest BCUT2D eigenvalue weighted by Gasteiger charge is 2.40. The van der Waals surface area contributed by atoms with Gasteiger partial charge in [-0.25, -0.2) is 0 Å². The summed E-state index contributed by atoms with van der Waals surface area (Å²) in [6, 6.07) is 2.07. The minimum Gasteiger partial charge on any atom is -0.507 e. The van der Waals surface area contributed by atoms with Crippen LogP contribution in [0.25, 0.3) is 0 Å². The van der Waals surface area contributed by atoms with Crippen LogP contribution < -0.4 is 4.74 Å². The van der Waals surface area contributed by atoms with Crippen LogP contribution in [-0.2, 0) is 4.74 Å². The van der Waals surface area contributed by atoms with Crippen LogP contribution in [0, 0.1) is 0 Å². The summed E-state index contributed by atoms with van der Waals surface area (Å²) < 4.78 is 10.7. The number of phenols is 4. The van der Waals surface area contributed by atoms with Gasteiger partial charge in [0.1, 0.15) is 23.9 Å². The van der Waals surface area contributed by atoms with Gasteiger partial charge in [-0.15, -0.1) is 0 Å². The Balaban J connectivity index is 2.14. The normalized spacial score (nSPS) is 13.8. The molecule has 0 bridgehead atoms. The van der Waals surface area contributed by atoms with Crippen molar-refractivity contribution in [2.24, 2.45) is 0 Å². The van der Waals surface area contributed by atoms with Crippen LogP contribution in [0.3, 0.4) is 0 Å². The van der Waals surface area contributed by atoms with Crippen molar-refractivity contribution < 1.29 is 39.5 Å². The Bertz CT molecular complexity index is 998. The fourth-order valence-corrected chi connectivity index (χ4v) is 3.48. The maximum absolute atomic E-state index is 12.9. The highest BCUT2D eigenvalue weighted by Crippen LogP contribution is 2.48. The van der Waals surface area contributed by atoms with Gasteiger partial charge in [-0.1, -0.05) is 0 Å². The minimum atomic E-state index is -0.930. The molecule has 0 amide bonds. The summed E-state index contributed by atoms with van der Waals surface area (Å²) in [5.41, 5.74) is -1.91. The molecular weight excluding hydrogens is 436 g/mol. The van der Waals surface area contributed by atoms with E-state index in [1.807, 2.05) is 0 Å². The first kappa shape index (κ1) is 20.0. The Morgan fingerprint density at radius 2 is 1.46 bits per heavy atom. The number of carbonyl (C=O) groups excluding carboxylic acids is 2. The highest BCUT2D eigenvalue weighted by molar-refractivity contribution is 9.10. The van der Waals surface area contributed by atoms with E-state index in [9.17, 15) is 30.0 Å². The molecule has 1 aliphatic rings. The number of rotatable bonds is 5. The molecule has 2 aromatic rings. The van der Waals surface area contributed by atoms with E-state index in [2.05, 4.69) is 15.9 Å². The van der Waals surface area contributed by atoms with Gasteiger partial charge in [-0.05, 0) is 35.8 Å². The molecule has 1 unspecified atom stereocenters. The SMILES string of the molecule is CCOC(C)COc1cc(O)c2c(c1O)C(=O)c1c(O)cc(Br)c(O)c1C2=O. The second kappa shape index (κ2) is 7.33. The number of benzene rings is 2. The van der Waals surface area contributed by atoms with Crippen molar-refractivity contribution in [3.05, 3.63) is 38.9 Å². The lowest BCUT2D eigenvalue weighted by molar-refractivity contribution is 0.0394. The molecule has 0 saturated heterocycles. The standard InChI is InChI=1S/C19H17BrO8/c1-3-27-7(2)6-28-11-5-10(22)13-15(17(11)24)19(26)12-9(21)4-8(20)16(23)14(12)18(13)25/h4-5,7,21-24H,3,6H2,1-2H3. The van der Waals surface area contributed by atoms with E-state index in [4.69, 9.17) is 9.47 Å². The van der Waals surface area contributed by atoms with Gasteiger partial charge in [0, 0.05) is 12.7 Å². The van der Waals surface area contributed by atoms with Crippen LogP contribution in [-0.4, -0.2) is 51.3 Å². The summed E-state index contributed by atoms with van der Waals surface area (Å²) in [5, 5.41) is 41.2. The summed E-state index contributed by atoms with van der Waals surface area (Å²) in [5.74, 6) is -4.42. The van der Waals surface area contributed by atoms with Crippen molar-refractivity contribution in [1.82, 2.24) is 0 Å². The van der Waals surface area contributed by atoms with E-state index in [-0.39, 0.29) is 22.9 Å². The fourth-order valence-electron chi connectivity index (χ4n) is 3.06. The largest absolute Gasteiger partial charge is 0.507 e. The summed E-state index contributed by atoms with van der Waals surface area (Å²) in [7, 11) is 0. The quantitative estimate of drug-likeness (QED) is 0.434. The number of ketones is 2. The molecule has 28 heavy (non-hydrogen) atoms. The molecular formula is C19H17BrO8. The summed E-state index contributed by atoms with van der Waals surface area (Å²) >= 11 is 2.99. The number of halogens is 1. The van der Waals surface area contributed by atoms with Gasteiger partial charge in [0.2, 0.25) is 11.6 Å². The zero-order valence-electron chi connectivity index (χ0n) is 14.9. The number of phenolic OH excluding ortho intramolecular Hbond substituents is 4. The van der Waals surface area contributed by atoms with Gasteiger partial charge in [0.15, 0.2) is 11.5 Å². The topological polar surface area (TPSA) is 134 Å². The Hall–Kier alpha value is -2.78. The second-order valence-corrected chi connectivity index (χ2v) is 7.06. The maximum Gasteiger partial charge on any atom is 0.202 e. The molecule has 148 valence electrons. The molecule has 0 aromatic heterocycles. The predicted octanol–water partition coefficient (Wildman–Crippen LogP) is 2.85. The number of hydrogen-bond donors (Lipinski definition) is 4. The maximum atomic E-state index is 12.9. The zero-order valence-corrected chi connectivity index (χ0v) is 16.5. The number of hydrogen-bond acceptors (Lipinski definition) is 8. The van der Waals surface area contributed by atoms with Gasteiger partial charge < -0.3 is 29.9 Å². The van der Waals surface area contributed by atoms with Crippen LogP contribution in [0.4, 0.5) is 0 Å². The lowest BCUT2D eigenvalue weighted by Crippen LogP contribution is -2.23. The van der Waals surface area contributed by atoms with Crippen LogP contribution in [0.2, 0.25) is 0 Å². The molecule has 0 aliphatic heterocycles. The van der Waals surface area contributed by atoms with E-state index >= 15 is 0 Å². The molecule has 8 nitrogen and oxygen atoms in total. The Morgan fingerprint density at radius 3 is 2.04 bits per heavy atom.